The number of aliphatic hydroxyl groups is 1. The number of fused-ring (bicyclic) bond motifs is 5. The molecule has 0 spiro atoms. The number of rotatable bonds is 8. The maximum Gasteiger partial charge on any atom is 0.118 e. The van der Waals surface area contributed by atoms with Crippen LogP contribution in [0.4, 0.5) is 0 Å². The maximum atomic E-state index is 10.9. The normalized spacial score (nSPS) is 16.4. The van der Waals surface area contributed by atoms with Crippen molar-refractivity contribution in [3.05, 3.63) is 201 Å². The summed E-state index contributed by atoms with van der Waals surface area (Å²) in [4.78, 5) is 19.8. The zero-order valence-corrected chi connectivity index (χ0v) is 32.3. The highest BCUT2D eigenvalue weighted by Crippen LogP contribution is 2.40. The first kappa shape index (κ1) is 36.0. The van der Waals surface area contributed by atoms with Crippen LogP contribution in [0.2, 0.25) is 0 Å². The predicted molar refractivity (Wildman–Crippen MR) is 230 cm³/mol. The van der Waals surface area contributed by atoms with Crippen molar-refractivity contribution in [2.24, 2.45) is 15.0 Å². The lowest BCUT2D eigenvalue weighted by Gasteiger charge is -2.13. The lowest BCUT2D eigenvalue weighted by molar-refractivity contribution is 0.414. The molecule has 5 heterocycles. The Bertz CT molecular complexity index is 2880. The minimum atomic E-state index is 0.547. The molecule has 4 aliphatic rings. The minimum absolute atomic E-state index is 0.547. The highest BCUT2D eigenvalue weighted by molar-refractivity contribution is 6.36. The molecule has 0 atom stereocenters. The number of aliphatic hydroxyl groups excluding tert-OH is 1. The van der Waals surface area contributed by atoms with E-state index in [0.717, 1.165) is 102 Å². The van der Waals surface area contributed by atoms with E-state index in [-0.39, 0.29) is 0 Å². The Kier molecular flexibility index (Phi) is 9.39. The molecule has 0 aliphatic carbocycles. The van der Waals surface area contributed by atoms with Gasteiger partial charge in [0.1, 0.15) is 23.0 Å². The molecule has 9 heteroatoms. The van der Waals surface area contributed by atoms with Crippen LogP contribution in [-0.4, -0.2) is 55.7 Å². The third-order valence-corrected chi connectivity index (χ3v) is 10.5. The topological polar surface area (TPSA) is 110 Å². The van der Waals surface area contributed by atoms with E-state index in [1.807, 2.05) is 134 Å². The molecule has 0 unspecified atom stereocenters. The molecule has 0 radical (unpaired) electrons. The first-order chi connectivity index (χ1) is 28.5. The number of benzene rings is 4. The number of ether oxygens (including phenoxy) is 4. The number of H-pyrrole nitrogens is 1. The summed E-state index contributed by atoms with van der Waals surface area (Å²) in [5, 5.41) is 12.5. The average molecular weight is 763 g/mol. The largest absolute Gasteiger partial charge is 0.515 e. The van der Waals surface area contributed by atoms with Gasteiger partial charge in [-0.1, -0.05) is 48.5 Å². The number of nitrogens with one attached hydrogen (secondary N) is 1. The van der Waals surface area contributed by atoms with Gasteiger partial charge in [-0.3, -0.25) is 0 Å². The lowest BCUT2D eigenvalue weighted by Crippen LogP contribution is -2.21. The molecule has 284 valence electrons. The van der Waals surface area contributed by atoms with Gasteiger partial charge in [-0.25, -0.2) is 15.0 Å². The van der Waals surface area contributed by atoms with Crippen molar-refractivity contribution in [3.8, 4) is 23.0 Å². The van der Waals surface area contributed by atoms with E-state index in [0.29, 0.717) is 22.7 Å². The molecule has 1 aromatic heterocycles. The lowest BCUT2D eigenvalue weighted by atomic mass is 9.96. The quantitative estimate of drug-likeness (QED) is 0.156. The van der Waals surface area contributed by atoms with E-state index < -0.39 is 0 Å². The molecule has 9 rings (SSSR count). The van der Waals surface area contributed by atoms with E-state index in [1.165, 1.54) is 0 Å². The fraction of sp³-hybridized carbons (Fsp3) is 0.0816. The molecule has 0 amide bonds. The van der Waals surface area contributed by atoms with Gasteiger partial charge in [0.25, 0.3) is 0 Å². The summed E-state index contributed by atoms with van der Waals surface area (Å²) in [6.07, 6.45) is 11.1. The third-order valence-electron chi connectivity index (χ3n) is 10.5. The average Bonchev–Trinajstić information content (AvgIpc) is 4.12. The fourth-order valence-electron chi connectivity index (χ4n) is 7.57. The Labute approximate surface area is 335 Å². The van der Waals surface area contributed by atoms with Gasteiger partial charge < -0.3 is 29.0 Å². The van der Waals surface area contributed by atoms with Gasteiger partial charge in [0.05, 0.1) is 68.9 Å². The van der Waals surface area contributed by atoms with Crippen LogP contribution >= 0.6 is 0 Å². The number of methoxy groups -OCH3 is 4. The monoisotopic (exact) mass is 762 g/mol. The molecule has 0 saturated heterocycles. The molecular weight excluding hydrogens is 725 g/mol. The summed E-state index contributed by atoms with van der Waals surface area (Å²) in [7, 11) is 6.61. The first-order valence-electron chi connectivity index (χ1n) is 18.7. The summed E-state index contributed by atoms with van der Waals surface area (Å²) in [5.41, 5.74) is 11.7. The van der Waals surface area contributed by atoms with Crippen LogP contribution in [-0.2, 0) is 0 Å². The second-order valence-electron chi connectivity index (χ2n) is 13.7. The van der Waals surface area contributed by atoms with Crippen LogP contribution in [0, 0.1) is 0 Å². The molecular formula is C49H38N4O5. The second kappa shape index (κ2) is 15.1. The fourth-order valence-corrected chi connectivity index (χ4v) is 7.57. The molecule has 0 saturated carbocycles. The summed E-state index contributed by atoms with van der Waals surface area (Å²) in [6, 6.07) is 35.7. The number of nitrogens with zero attached hydrogens (tertiary/aromatic N) is 3. The molecule has 0 fully saturated rings. The van der Waals surface area contributed by atoms with E-state index in [2.05, 4.69) is 11.1 Å². The van der Waals surface area contributed by atoms with Crippen molar-refractivity contribution in [2.75, 3.05) is 28.4 Å². The van der Waals surface area contributed by atoms with Gasteiger partial charge in [-0.2, -0.15) is 0 Å². The molecule has 5 aromatic rings. The summed E-state index contributed by atoms with van der Waals surface area (Å²) in [6.45, 7) is 0. The van der Waals surface area contributed by atoms with E-state index in [9.17, 15) is 5.11 Å². The van der Waals surface area contributed by atoms with Crippen LogP contribution in [0.3, 0.4) is 0 Å². The van der Waals surface area contributed by atoms with Crippen molar-refractivity contribution in [1.82, 2.24) is 4.98 Å². The first-order valence-corrected chi connectivity index (χ1v) is 18.7. The summed E-state index contributed by atoms with van der Waals surface area (Å²) < 4.78 is 22.1. The van der Waals surface area contributed by atoms with Gasteiger partial charge in [-0.15, -0.1) is 0 Å². The van der Waals surface area contributed by atoms with E-state index in [4.69, 9.17) is 33.9 Å². The number of aromatic nitrogens is 1. The Hall–Kier alpha value is -7.65. The highest BCUT2D eigenvalue weighted by atomic mass is 16.5. The number of hydrogen-bond donors (Lipinski definition) is 2. The van der Waals surface area contributed by atoms with Crippen molar-refractivity contribution in [2.45, 2.75) is 0 Å². The molecule has 4 aromatic carbocycles. The van der Waals surface area contributed by atoms with E-state index >= 15 is 0 Å². The Balaban J connectivity index is 1.40. The van der Waals surface area contributed by atoms with Crippen molar-refractivity contribution >= 4 is 39.4 Å². The number of hydrogen-bond acceptors (Lipinski definition) is 8. The Morgan fingerprint density at radius 3 is 1.31 bits per heavy atom. The van der Waals surface area contributed by atoms with Crippen LogP contribution in [0.25, 0.3) is 22.3 Å². The molecule has 8 bridgehead atoms. The van der Waals surface area contributed by atoms with Crippen LogP contribution in [0.5, 0.6) is 23.0 Å². The summed E-state index contributed by atoms with van der Waals surface area (Å²) in [5.74, 6) is 2.95. The highest BCUT2D eigenvalue weighted by Gasteiger charge is 2.28. The second-order valence-corrected chi connectivity index (χ2v) is 13.7. The van der Waals surface area contributed by atoms with Gasteiger partial charge in [0.15, 0.2) is 0 Å². The maximum absolute atomic E-state index is 10.9. The standard InChI is InChI=1S/C49H38N4O5/c1-55-34-13-5-29(6-14-34)45-38-21-22-39(50-38)46(30-7-15-35(56-2)16-8-30)41-25-26-43(52-41)48(32-11-19-37(58-4)20-12-32)49-33(28-54)27-44(53-49)47(42-24-23-40(45)51-42)31-9-17-36(57-3)18-10-31/h5-28,52,54H,1-4H3/b33-28+,45-38?,46-41?,47-42?,48-43?. The Morgan fingerprint density at radius 2 is 0.845 bits per heavy atom. The minimum Gasteiger partial charge on any atom is -0.515 e. The number of aliphatic imine (C=N–C) groups is 3. The van der Waals surface area contributed by atoms with Crippen LogP contribution in [0.1, 0.15) is 22.3 Å². The van der Waals surface area contributed by atoms with Gasteiger partial charge in [-0.05, 0) is 113 Å². The zero-order chi connectivity index (χ0) is 39.8. The third kappa shape index (κ3) is 6.48. The number of allylic oxidation sites excluding steroid dienone is 8. The predicted octanol–water partition coefficient (Wildman–Crippen LogP) is 8.09. The smallest absolute Gasteiger partial charge is 0.118 e. The zero-order valence-electron chi connectivity index (χ0n) is 32.3. The van der Waals surface area contributed by atoms with Gasteiger partial charge in [0, 0.05) is 38.6 Å². The molecule has 2 N–H and O–H groups in total. The Morgan fingerprint density at radius 1 is 0.448 bits per heavy atom. The van der Waals surface area contributed by atoms with E-state index in [1.54, 1.807) is 28.4 Å². The van der Waals surface area contributed by atoms with Crippen molar-refractivity contribution in [1.29, 1.82) is 0 Å². The van der Waals surface area contributed by atoms with Crippen LogP contribution < -0.4 is 29.6 Å². The van der Waals surface area contributed by atoms with Gasteiger partial charge >= 0.3 is 0 Å². The van der Waals surface area contributed by atoms with Crippen LogP contribution in [0.15, 0.2) is 183 Å². The van der Waals surface area contributed by atoms with Gasteiger partial charge in [0.2, 0.25) is 0 Å². The molecule has 4 aliphatic heterocycles. The summed E-state index contributed by atoms with van der Waals surface area (Å²) >= 11 is 0. The molecule has 58 heavy (non-hydrogen) atoms. The van der Waals surface area contributed by atoms with Crippen molar-refractivity contribution in [3.63, 3.8) is 0 Å². The number of aromatic amines is 1. The van der Waals surface area contributed by atoms with Crippen molar-refractivity contribution < 1.29 is 24.1 Å². The molecule has 9 nitrogen and oxygen atoms in total. The SMILES string of the molecule is COc1ccc(C2=C3C=CC(=N3)C(c3ccc(OC)cc3)=C3C=CC(=N3)C(c3ccc(OC)cc3)=c3ccc([nH]3)=C(c3ccc(OC)cc3)C3=NC2=C/C3=C\O)cc1.